The Labute approximate surface area is 157 Å². The maximum Gasteiger partial charge on any atom is 0.199 e. The monoisotopic (exact) mass is 370 g/mol. The standard InChI is InChI=1S/C19H22N4S2/c1-14-5-7-15(8-6-14)12-21(2)13-22-19(24)23(16-9-10-16)18(20-22)17-4-3-11-25-17/h3-8,11,16H,9-10,12-13H2,1-2H3. The first kappa shape index (κ1) is 16.7. The van der Waals surface area contributed by atoms with Gasteiger partial charge < -0.3 is 0 Å². The summed E-state index contributed by atoms with van der Waals surface area (Å²) in [6.07, 6.45) is 2.41. The fourth-order valence-corrected chi connectivity index (χ4v) is 4.07. The summed E-state index contributed by atoms with van der Waals surface area (Å²) in [6, 6.07) is 13.4. The molecule has 1 fully saturated rings. The fourth-order valence-electron chi connectivity index (χ4n) is 3.03. The van der Waals surface area contributed by atoms with E-state index in [1.807, 2.05) is 4.68 Å². The van der Waals surface area contributed by atoms with Gasteiger partial charge in [0, 0.05) is 12.6 Å². The van der Waals surface area contributed by atoms with Gasteiger partial charge in [-0.1, -0.05) is 35.9 Å². The van der Waals surface area contributed by atoms with E-state index in [-0.39, 0.29) is 0 Å². The molecule has 1 aliphatic carbocycles. The Morgan fingerprint density at radius 2 is 2.00 bits per heavy atom. The maximum absolute atomic E-state index is 5.74. The highest BCUT2D eigenvalue weighted by atomic mass is 32.1. The molecule has 0 saturated heterocycles. The molecule has 0 atom stereocenters. The Morgan fingerprint density at radius 3 is 2.64 bits per heavy atom. The fraction of sp³-hybridized carbons (Fsp3) is 0.368. The second-order valence-electron chi connectivity index (χ2n) is 6.83. The van der Waals surface area contributed by atoms with E-state index >= 15 is 0 Å². The minimum absolute atomic E-state index is 0.528. The number of aryl methyl sites for hydroxylation is 1. The van der Waals surface area contributed by atoms with E-state index in [4.69, 9.17) is 17.3 Å². The summed E-state index contributed by atoms with van der Waals surface area (Å²) in [7, 11) is 2.11. The molecule has 3 aromatic rings. The molecule has 4 nitrogen and oxygen atoms in total. The van der Waals surface area contributed by atoms with Crippen molar-refractivity contribution in [3.63, 3.8) is 0 Å². The molecular weight excluding hydrogens is 348 g/mol. The van der Waals surface area contributed by atoms with Crippen LogP contribution < -0.4 is 0 Å². The van der Waals surface area contributed by atoms with E-state index in [2.05, 4.69) is 65.2 Å². The van der Waals surface area contributed by atoms with Gasteiger partial charge in [0.1, 0.15) is 0 Å². The summed E-state index contributed by atoms with van der Waals surface area (Å²) in [5, 5.41) is 6.95. The van der Waals surface area contributed by atoms with Crippen LogP contribution in [0.5, 0.6) is 0 Å². The van der Waals surface area contributed by atoms with Crippen molar-refractivity contribution >= 4 is 23.6 Å². The van der Waals surface area contributed by atoms with Gasteiger partial charge in [0.05, 0.1) is 11.5 Å². The summed E-state index contributed by atoms with van der Waals surface area (Å²) in [4.78, 5) is 3.45. The molecule has 130 valence electrons. The van der Waals surface area contributed by atoms with Gasteiger partial charge in [0.2, 0.25) is 0 Å². The second kappa shape index (κ2) is 6.86. The van der Waals surface area contributed by atoms with Gasteiger partial charge in [0.15, 0.2) is 10.6 Å². The summed E-state index contributed by atoms with van der Waals surface area (Å²) in [5.41, 5.74) is 2.59. The van der Waals surface area contributed by atoms with Crippen LogP contribution in [0.15, 0.2) is 41.8 Å². The molecule has 2 heterocycles. The van der Waals surface area contributed by atoms with Crippen LogP contribution in [0.25, 0.3) is 10.7 Å². The molecule has 6 heteroatoms. The van der Waals surface area contributed by atoms with Crippen LogP contribution in [0.4, 0.5) is 0 Å². The quantitative estimate of drug-likeness (QED) is 0.579. The summed E-state index contributed by atoms with van der Waals surface area (Å²) >= 11 is 7.47. The van der Waals surface area contributed by atoms with E-state index in [0.717, 1.165) is 17.1 Å². The van der Waals surface area contributed by atoms with Crippen LogP contribution in [-0.4, -0.2) is 26.3 Å². The van der Waals surface area contributed by atoms with Crippen molar-refractivity contribution in [1.29, 1.82) is 0 Å². The number of nitrogens with zero attached hydrogens (tertiary/aromatic N) is 4. The van der Waals surface area contributed by atoms with Gasteiger partial charge in [-0.25, -0.2) is 4.68 Å². The number of hydrogen-bond acceptors (Lipinski definition) is 4. The summed E-state index contributed by atoms with van der Waals surface area (Å²) in [6.45, 7) is 3.70. The van der Waals surface area contributed by atoms with Crippen LogP contribution in [0.3, 0.4) is 0 Å². The number of hydrogen-bond donors (Lipinski definition) is 0. The average Bonchev–Trinajstić information content (AvgIpc) is 3.17. The van der Waals surface area contributed by atoms with Gasteiger partial charge >= 0.3 is 0 Å². The molecular formula is C19H22N4S2. The van der Waals surface area contributed by atoms with Crippen molar-refractivity contribution in [2.45, 2.75) is 39.0 Å². The zero-order valence-electron chi connectivity index (χ0n) is 14.6. The van der Waals surface area contributed by atoms with Crippen molar-refractivity contribution in [2.75, 3.05) is 7.05 Å². The van der Waals surface area contributed by atoms with Crippen molar-refractivity contribution < 1.29 is 0 Å². The highest BCUT2D eigenvalue weighted by Crippen LogP contribution is 2.39. The molecule has 0 amide bonds. The molecule has 0 radical (unpaired) electrons. The lowest BCUT2D eigenvalue weighted by Crippen LogP contribution is -2.22. The van der Waals surface area contributed by atoms with Gasteiger partial charge in [-0.2, -0.15) is 0 Å². The molecule has 2 aromatic heterocycles. The highest BCUT2D eigenvalue weighted by Gasteiger charge is 2.29. The smallest absolute Gasteiger partial charge is 0.199 e. The normalized spacial score (nSPS) is 14.4. The third-order valence-corrected chi connectivity index (χ3v) is 5.75. The summed E-state index contributed by atoms with van der Waals surface area (Å²) < 4.78 is 5.05. The first-order valence-corrected chi connectivity index (χ1v) is 9.88. The second-order valence-corrected chi connectivity index (χ2v) is 8.14. The Balaban J connectivity index is 1.57. The van der Waals surface area contributed by atoms with Gasteiger partial charge in [-0.15, -0.1) is 16.4 Å². The van der Waals surface area contributed by atoms with Crippen LogP contribution in [0.1, 0.15) is 30.0 Å². The molecule has 0 bridgehead atoms. The predicted molar refractivity (Wildman–Crippen MR) is 105 cm³/mol. The first-order valence-electron chi connectivity index (χ1n) is 8.59. The number of thiophene rings is 1. The topological polar surface area (TPSA) is 26.0 Å². The van der Waals surface area contributed by atoms with E-state index in [9.17, 15) is 0 Å². The minimum atomic E-state index is 0.528. The van der Waals surface area contributed by atoms with Crippen molar-refractivity contribution in [3.8, 4) is 10.7 Å². The van der Waals surface area contributed by atoms with Crippen LogP contribution in [0.2, 0.25) is 0 Å². The third kappa shape index (κ3) is 3.61. The highest BCUT2D eigenvalue weighted by molar-refractivity contribution is 7.71. The number of benzene rings is 1. The molecule has 25 heavy (non-hydrogen) atoms. The lowest BCUT2D eigenvalue weighted by Gasteiger charge is -2.16. The molecule has 0 spiro atoms. The van der Waals surface area contributed by atoms with E-state index in [1.165, 1.54) is 28.8 Å². The lowest BCUT2D eigenvalue weighted by atomic mass is 10.1. The van der Waals surface area contributed by atoms with Crippen LogP contribution >= 0.6 is 23.6 Å². The van der Waals surface area contributed by atoms with Crippen LogP contribution in [0, 0.1) is 11.7 Å². The van der Waals surface area contributed by atoms with Gasteiger partial charge in [-0.05, 0) is 56.0 Å². The zero-order chi connectivity index (χ0) is 17.4. The Morgan fingerprint density at radius 1 is 1.24 bits per heavy atom. The molecule has 0 N–H and O–H groups in total. The molecule has 0 unspecified atom stereocenters. The maximum atomic E-state index is 5.74. The van der Waals surface area contributed by atoms with Crippen molar-refractivity contribution in [3.05, 3.63) is 57.7 Å². The number of aromatic nitrogens is 3. The zero-order valence-corrected chi connectivity index (χ0v) is 16.2. The largest absolute Gasteiger partial charge is 0.296 e. The van der Waals surface area contributed by atoms with E-state index in [0.29, 0.717) is 12.7 Å². The molecule has 0 aliphatic heterocycles. The summed E-state index contributed by atoms with van der Waals surface area (Å²) in [5.74, 6) is 1.02. The van der Waals surface area contributed by atoms with E-state index in [1.54, 1.807) is 11.3 Å². The Hall–Kier alpha value is -1.76. The average molecular weight is 371 g/mol. The Kier molecular flexibility index (Phi) is 4.58. The predicted octanol–water partition coefficient (Wildman–Crippen LogP) is 4.88. The minimum Gasteiger partial charge on any atom is -0.296 e. The molecule has 4 rings (SSSR count). The first-order chi connectivity index (χ1) is 12.1. The lowest BCUT2D eigenvalue weighted by molar-refractivity contribution is 0.244. The number of rotatable bonds is 6. The van der Waals surface area contributed by atoms with Crippen LogP contribution in [-0.2, 0) is 13.2 Å². The van der Waals surface area contributed by atoms with Crippen molar-refractivity contribution in [2.24, 2.45) is 0 Å². The van der Waals surface area contributed by atoms with E-state index < -0.39 is 0 Å². The van der Waals surface area contributed by atoms with Gasteiger partial charge in [0.25, 0.3) is 0 Å². The van der Waals surface area contributed by atoms with Crippen molar-refractivity contribution in [1.82, 2.24) is 19.2 Å². The van der Waals surface area contributed by atoms with Gasteiger partial charge in [-0.3, -0.25) is 9.47 Å². The molecule has 1 aromatic carbocycles. The third-order valence-electron chi connectivity index (χ3n) is 4.47. The Bertz CT molecular complexity index is 902. The molecule has 1 saturated carbocycles. The molecule has 1 aliphatic rings. The SMILES string of the molecule is Cc1ccc(CN(C)Cn2nc(-c3cccs3)n(C3CC3)c2=S)cc1.